The summed E-state index contributed by atoms with van der Waals surface area (Å²) >= 11 is 0. The van der Waals surface area contributed by atoms with Crippen LogP contribution >= 0.6 is 0 Å². The van der Waals surface area contributed by atoms with Crippen molar-refractivity contribution in [1.82, 2.24) is 4.90 Å². The quantitative estimate of drug-likeness (QED) is 0.664. The number of nitrogens with zero attached hydrogens (tertiary/aromatic N) is 2. The first-order valence-corrected chi connectivity index (χ1v) is 5.67. The first-order valence-electron chi connectivity index (χ1n) is 5.67. The van der Waals surface area contributed by atoms with Crippen molar-refractivity contribution < 1.29 is 4.79 Å². The van der Waals surface area contributed by atoms with Crippen molar-refractivity contribution in [3.8, 4) is 0 Å². The molecule has 0 unspecified atom stereocenters. The van der Waals surface area contributed by atoms with E-state index in [9.17, 15) is 4.79 Å². The van der Waals surface area contributed by atoms with E-state index in [2.05, 4.69) is 9.89 Å². The van der Waals surface area contributed by atoms with Gasteiger partial charge in [0.2, 0.25) is 0 Å². The molecule has 3 heteroatoms. The lowest BCUT2D eigenvalue weighted by Crippen LogP contribution is -2.28. The lowest BCUT2D eigenvalue weighted by atomic mass is 10.1. The van der Waals surface area contributed by atoms with E-state index < -0.39 is 0 Å². The molecule has 15 heavy (non-hydrogen) atoms. The molecule has 1 aliphatic heterocycles. The van der Waals surface area contributed by atoms with E-state index in [-0.39, 0.29) is 5.78 Å². The minimum absolute atomic E-state index is 0.191. The van der Waals surface area contributed by atoms with Crippen molar-refractivity contribution in [3.63, 3.8) is 0 Å². The summed E-state index contributed by atoms with van der Waals surface area (Å²) < 4.78 is 0. The largest absolute Gasteiger partial charge is 0.357 e. The highest BCUT2D eigenvalue weighted by atomic mass is 16.1. The Morgan fingerprint density at radius 3 is 2.53 bits per heavy atom. The van der Waals surface area contributed by atoms with Crippen LogP contribution in [0.25, 0.3) is 0 Å². The Balaban J connectivity index is 2.62. The number of likely N-dealkylation sites (tertiary alicyclic amines) is 1. The maximum absolute atomic E-state index is 10.9. The standard InChI is InChI=1S/C12H20N2O/c1-3-13-12(8-7-11(2)15)14-9-5-4-6-10-14/h3,8H,4-7,9-10H2,1-2H3/b12-8+,13-3-. The van der Waals surface area contributed by atoms with Gasteiger partial charge in [0.05, 0.1) is 0 Å². The molecule has 0 atom stereocenters. The fraction of sp³-hybridized carbons (Fsp3) is 0.667. The molecule has 0 amide bonds. The molecule has 1 aliphatic rings. The average Bonchev–Trinajstić information content (AvgIpc) is 2.25. The van der Waals surface area contributed by atoms with E-state index in [1.165, 1.54) is 19.3 Å². The van der Waals surface area contributed by atoms with Crippen LogP contribution in [0.4, 0.5) is 0 Å². The Bertz CT molecular complexity index is 263. The van der Waals surface area contributed by atoms with Crippen LogP contribution in [-0.2, 0) is 4.79 Å². The zero-order chi connectivity index (χ0) is 11.1. The average molecular weight is 208 g/mol. The number of allylic oxidation sites excluding steroid dienone is 1. The Labute approximate surface area is 91.9 Å². The van der Waals surface area contributed by atoms with E-state index in [0.29, 0.717) is 6.42 Å². The Morgan fingerprint density at radius 2 is 2.00 bits per heavy atom. The summed E-state index contributed by atoms with van der Waals surface area (Å²) in [7, 11) is 0. The van der Waals surface area contributed by atoms with Crippen molar-refractivity contribution in [2.75, 3.05) is 13.1 Å². The van der Waals surface area contributed by atoms with Gasteiger partial charge < -0.3 is 4.90 Å². The second-order valence-electron chi connectivity index (χ2n) is 3.90. The molecule has 0 spiro atoms. The highest BCUT2D eigenvalue weighted by Gasteiger charge is 2.12. The number of piperidine rings is 1. The number of hydrogen-bond acceptors (Lipinski definition) is 3. The minimum Gasteiger partial charge on any atom is -0.357 e. The van der Waals surface area contributed by atoms with Crippen LogP contribution in [0.15, 0.2) is 16.9 Å². The van der Waals surface area contributed by atoms with E-state index in [0.717, 1.165) is 18.9 Å². The smallest absolute Gasteiger partial charge is 0.133 e. The third kappa shape index (κ3) is 4.28. The number of aliphatic imine (C=N–C) groups is 1. The lowest BCUT2D eigenvalue weighted by Gasteiger charge is -2.28. The monoisotopic (exact) mass is 208 g/mol. The maximum Gasteiger partial charge on any atom is 0.133 e. The van der Waals surface area contributed by atoms with Gasteiger partial charge in [-0.05, 0) is 39.2 Å². The second-order valence-corrected chi connectivity index (χ2v) is 3.90. The van der Waals surface area contributed by atoms with Crippen LogP contribution in [0.2, 0.25) is 0 Å². The van der Waals surface area contributed by atoms with Gasteiger partial charge in [-0.15, -0.1) is 0 Å². The van der Waals surface area contributed by atoms with Gasteiger partial charge in [0.15, 0.2) is 0 Å². The van der Waals surface area contributed by atoms with Crippen LogP contribution in [0.1, 0.15) is 39.5 Å². The predicted molar refractivity (Wildman–Crippen MR) is 63.0 cm³/mol. The number of hydrogen-bond donors (Lipinski definition) is 0. The summed E-state index contributed by atoms with van der Waals surface area (Å²) in [5.74, 6) is 1.16. The third-order valence-corrected chi connectivity index (χ3v) is 2.51. The van der Waals surface area contributed by atoms with Gasteiger partial charge in [-0.2, -0.15) is 0 Å². The maximum atomic E-state index is 10.9. The Morgan fingerprint density at radius 1 is 1.33 bits per heavy atom. The molecule has 0 bridgehead atoms. The number of carbonyl (C=O) groups is 1. The van der Waals surface area contributed by atoms with E-state index in [1.807, 2.05) is 13.0 Å². The summed E-state index contributed by atoms with van der Waals surface area (Å²) in [5, 5.41) is 0. The van der Waals surface area contributed by atoms with Gasteiger partial charge in [0, 0.05) is 25.7 Å². The Hall–Kier alpha value is -1.12. The number of carbonyl (C=O) groups excluding carboxylic acids is 1. The molecule has 0 aromatic heterocycles. The lowest BCUT2D eigenvalue weighted by molar-refractivity contribution is -0.116. The highest BCUT2D eigenvalue weighted by molar-refractivity contribution is 5.77. The minimum atomic E-state index is 0.191. The van der Waals surface area contributed by atoms with E-state index in [4.69, 9.17) is 0 Å². The van der Waals surface area contributed by atoms with Gasteiger partial charge in [0.25, 0.3) is 0 Å². The van der Waals surface area contributed by atoms with Gasteiger partial charge in [-0.3, -0.25) is 4.79 Å². The van der Waals surface area contributed by atoms with Crippen LogP contribution < -0.4 is 0 Å². The fourth-order valence-corrected chi connectivity index (χ4v) is 1.75. The van der Waals surface area contributed by atoms with Crippen LogP contribution in [0.5, 0.6) is 0 Å². The molecule has 84 valence electrons. The SMILES string of the molecule is C/C=N\C(=C/CC(C)=O)N1CCCCC1. The zero-order valence-corrected chi connectivity index (χ0v) is 9.70. The summed E-state index contributed by atoms with van der Waals surface area (Å²) in [6, 6.07) is 0. The molecule has 1 fully saturated rings. The molecule has 0 aromatic carbocycles. The number of ketones is 1. The molecule has 1 heterocycles. The normalized spacial score (nSPS) is 18.5. The van der Waals surface area contributed by atoms with Crippen molar-refractivity contribution in [2.45, 2.75) is 39.5 Å². The molecule has 0 aromatic rings. The van der Waals surface area contributed by atoms with E-state index >= 15 is 0 Å². The molecule has 0 aliphatic carbocycles. The molecule has 3 nitrogen and oxygen atoms in total. The van der Waals surface area contributed by atoms with Gasteiger partial charge in [0.1, 0.15) is 11.6 Å². The molecule has 0 saturated carbocycles. The molecule has 0 N–H and O–H groups in total. The third-order valence-electron chi connectivity index (χ3n) is 2.51. The summed E-state index contributed by atoms with van der Waals surface area (Å²) in [4.78, 5) is 17.5. The molecular formula is C12H20N2O. The fourth-order valence-electron chi connectivity index (χ4n) is 1.75. The van der Waals surface area contributed by atoms with Gasteiger partial charge in [-0.25, -0.2) is 4.99 Å². The van der Waals surface area contributed by atoms with Crippen molar-refractivity contribution >= 4 is 12.0 Å². The van der Waals surface area contributed by atoms with Crippen molar-refractivity contribution in [2.24, 2.45) is 4.99 Å². The van der Waals surface area contributed by atoms with Crippen LogP contribution in [-0.4, -0.2) is 30.0 Å². The zero-order valence-electron chi connectivity index (χ0n) is 9.70. The first kappa shape index (κ1) is 12.0. The number of Topliss-reactive ketones (excluding diaryl/α,β-unsaturated/α-hetero) is 1. The molecular weight excluding hydrogens is 188 g/mol. The van der Waals surface area contributed by atoms with Gasteiger partial charge in [-0.1, -0.05) is 0 Å². The first-order chi connectivity index (χ1) is 7.24. The van der Waals surface area contributed by atoms with E-state index in [1.54, 1.807) is 13.1 Å². The summed E-state index contributed by atoms with van der Waals surface area (Å²) in [5.41, 5.74) is 0. The van der Waals surface area contributed by atoms with Crippen LogP contribution in [0.3, 0.4) is 0 Å². The molecule has 1 rings (SSSR count). The molecule has 1 saturated heterocycles. The van der Waals surface area contributed by atoms with Gasteiger partial charge >= 0.3 is 0 Å². The second kappa shape index (κ2) is 6.38. The van der Waals surface area contributed by atoms with Crippen molar-refractivity contribution in [3.05, 3.63) is 11.9 Å². The van der Waals surface area contributed by atoms with Crippen LogP contribution in [0, 0.1) is 0 Å². The summed E-state index contributed by atoms with van der Waals surface area (Å²) in [6.07, 6.45) is 8.00. The highest BCUT2D eigenvalue weighted by Crippen LogP contribution is 2.15. The molecule has 0 radical (unpaired) electrons. The van der Waals surface area contributed by atoms with Crippen molar-refractivity contribution in [1.29, 1.82) is 0 Å². The number of rotatable bonds is 4. The Kier molecular flexibility index (Phi) is 5.08. The summed E-state index contributed by atoms with van der Waals surface area (Å²) in [6.45, 7) is 5.66. The predicted octanol–water partition coefficient (Wildman–Crippen LogP) is 2.38. The topological polar surface area (TPSA) is 32.7 Å².